The van der Waals surface area contributed by atoms with Crippen molar-refractivity contribution < 1.29 is 13.5 Å². The Morgan fingerprint density at radius 3 is 2.72 bits per heavy atom. The molecule has 0 radical (unpaired) electrons. The van der Waals surface area contributed by atoms with Gasteiger partial charge in [-0.25, -0.2) is 8.78 Å². The minimum absolute atomic E-state index is 0.0248. The first-order valence-corrected chi connectivity index (χ1v) is 6.17. The van der Waals surface area contributed by atoms with Crippen LogP contribution in [0.4, 0.5) is 14.5 Å². The lowest BCUT2D eigenvalue weighted by molar-refractivity contribution is 0.0398. The molecule has 1 saturated heterocycles. The van der Waals surface area contributed by atoms with Crippen LogP contribution >= 0.6 is 0 Å². The van der Waals surface area contributed by atoms with Crippen LogP contribution in [-0.4, -0.2) is 44.3 Å². The highest BCUT2D eigenvalue weighted by atomic mass is 19.1. The van der Waals surface area contributed by atoms with Crippen LogP contribution in [0.15, 0.2) is 12.1 Å². The van der Waals surface area contributed by atoms with Crippen LogP contribution < -0.4 is 5.32 Å². The SMILES string of the molecule is Cc1ccc(F)c(NCCN2CCOCC2)c1F. The highest BCUT2D eigenvalue weighted by Gasteiger charge is 2.13. The minimum atomic E-state index is -0.542. The number of halogens is 2. The fourth-order valence-corrected chi connectivity index (χ4v) is 1.98. The van der Waals surface area contributed by atoms with Crippen molar-refractivity contribution in [1.82, 2.24) is 4.90 Å². The van der Waals surface area contributed by atoms with Gasteiger partial charge in [0.2, 0.25) is 0 Å². The number of hydrogen-bond acceptors (Lipinski definition) is 3. The van der Waals surface area contributed by atoms with Crippen molar-refractivity contribution in [2.75, 3.05) is 44.7 Å². The molecule has 0 aliphatic carbocycles. The maximum atomic E-state index is 13.7. The summed E-state index contributed by atoms with van der Waals surface area (Å²) in [5.74, 6) is -1.04. The Hall–Kier alpha value is -1.20. The quantitative estimate of drug-likeness (QED) is 0.892. The van der Waals surface area contributed by atoms with Gasteiger partial charge in [-0.1, -0.05) is 6.07 Å². The van der Waals surface area contributed by atoms with Gasteiger partial charge < -0.3 is 10.1 Å². The topological polar surface area (TPSA) is 24.5 Å². The zero-order chi connectivity index (χ0) is 13.0. The molecule has 0 amide bonds. The lowest BCUT2D eigenvalue weighted by atomic mass is 10.2. The van der Waals surface area contributed by atoms with Crippen LogP contribution in [0.2, 0.25) is 0 Å². The number of nitrogens with one attached hydrogen (secondary N) is 1. The van der Waals surface area contributed by atoms with E-state index in [1.807, 2.05) is 0 Å². The molecule has 0 bridgehead atoms. The molecule has 5 heteroatoms. The summed E-state index contributed by atoms with van der Waals surface area (Å²) >= 11 is 0. The van der Waals surface area contributed by atoms with Crippen LogP contribution in [0.3, 0.4) is 0 Å². The highest BCUT2D eigenvalue weighted by molar-refractivity contribution is 5.48. The fraction of sp³-hybridized carbons (Fsp3) is 0.538. The first-order valence-electron chi connectivity index (χ1n) is 6.17. The standard InChI is InChI=1S/C13H18F2N2O/c1-10-2-3-11(14)13(12(10)15)16-4-5-17-6-8-18-9-7-17/h2-3,16H,4-9H2,1H3. The zero-order valence-corrected chi connectivity index (χ0v) is 10.5. The summed E-state index contributed by atoms with van der Waals surface area (Å²) in [6.45, 7) is 6.12. The molecule has 1 heterocycles. The molecule has 1 fully saturated rings. The normalized spacial score (nSPS) is 16.8. The summed E-state index contributed by atoms with van der Waals surface area (Å²) in [5, 5.41) is 2.84. The van der Waals surface area contributed by atoms with Crippen molar-refractivity contribution in [3.8, 4) is 0 Å². The van der Waals surface area contributed by atoms with Crippen LogP contribution in [-0.2, 0) is 4.74 Å². The summed E-state index contributed by atoms with van der Waals surface area (Å²) in [6, 6.07) is 2.73. The van der Waals surface area contributed by atoms with E-state index in [9.17, 15) is 8.78 Å². The van der Waals surface area contributed by atoms with Gasteiger partial charge in [0.25, 0.3) is 0 Å². The first kappa shape index (κ1) is 13.2. The molecule has 1 N–H and O–H groups in total. The number of aryl methyl sites for hydroxylation is 1. The Morgan fingerprint density at radius 1 is 1.28 bits per heavy atom. The predicted molar refractivity (Wildman–Crippen MR) is 66.8 cm³/mol. The largest absolute Gasteiger partial charge is 0.379 e. The molecular weight excluding hydrogens is 238 g/mol. The molecule has 1 aliphatic rings. The minimum Gasteiger partial charge on any atom is -0.379 e. The van der Waals surface area contributed by atoms with Crippen molar-refractivity contribution in [2.24, 2.45) is 0 Å². The van der Waals surface area contributed by atoms with Crippen LogP contribution in [0.25, 0.3) is 0 Å². The molecule has 2 rings (SSSR count). The van der Waals surface area contributed by atoms with Crippen molar-refractivity contribution in [1.29, 1.82) is 0 Å². The van der Waals surface area contributed by atoms with E-state index in [1.54, 1.807) is 6.92 Å². The van der Waals surface area contributed by atoms with Crippen LogP contribution in [0.1, 0.15) is 5.56 Å². The van der Waals surface area contributed by atoms with Crippen molar-refractivity contribution in [3.05, 3.63) is 29.3 Å². The smallest absolute Gasteiger partial charge is 0.152 e. The third kappa shape index (κ3) is 3.17. The molecule has 1 aliphatic heterocycles. The Labute approximate surface area is 106 Å². The van der Waals surface area contributed by atoms with E-state index < -0.39 is 11.6 Å². The van der Waals surface area contributed by atoms with Crippen molar-refractivity contribution in [2.45, 2.75) is 6.92 Å². The Kier molecular flexibility index (Phi) is 4.49. The number of anilines is 1. The number of benzene rings is 1. The second-order valence-electron chi connectivity index (χ2n) is 4.43. The van der Waals surface area contributed by atoms with E-state index in [4.69, 9.17) is 4.74 Å². The maximum absolute atomic E-state index is 13.7. The highest BCUT2D eigenvalue weighted by Crippen LogP contribution is 2.21. The summed E-state index contributed by atoms with van der Waals surface area (Å²) < 4.78 is 32.4. The van der Waals surface area contributed by atoms with Gasteiger partial charge in [-0.05, 0) is 18.6 Å². The van der Waals surface area contributed by atoms with Gasteiger partial charge >= 0.3 is 0 Å². The number of nitrogens with zero attached hydrogens (tertiary/aromatic N) is 1. The Bertz CT molecular complexity index is 406. The first-order chi connectivity index (χ1) is 8.68. The summed E-state index contributed by atoms with van der Waals surface area (Å²) in [7, 11) is 0. The Balaban J connectivity index is 1.88. The number of morpholine rings is 1. The van der Waals surface area contributed by atoms with E-state index in [1.165, 1.54) is 12.1 Å². The third-order valence-electron chi connectivity index (χ3n) is 3.12. The van der Waals surface area contributed by atoms with Gasteiger partial charge in [-0.15, -0.1) is 0 Å². The lowest BCUT2D eigenvalue weighted by Crippen LogP contribution is -2.39. The second kappa shape index (κ2) is 6.11. The molecule has 0 spiro atoms. The molecule has 100 valence electrons. The van der Waals surface area contributed by atoms with E-state index in [-0.39, 0.29) is 5.69 Å². The molecule has 0 atom stereocenters. The van der Waals surface area contributed by atoms with Gasteiger partial charge in [0, 0.05) is 26.2 Å². The molecular formula is C13H18F2N2O. The molecule has 0 saturated carbocycles. The Morgan fingerprint density at radius 2 is 2.00 bits per heavy atom. The number of ether oxygens (including phenoxy) is 1. The van der Waals surface area contributed by atoms with Crippen LogP contribution in [0.5, 0.6) is 0 Å². The average molecular weight is 256 g/mol. The van der Waals surface area contributed by atoms with Gasteiger partial charge in [0.1, 0.15) is 11.5 Å². The molecule has 18 heavy (non-hydrogen) atoms. The second-order valence-corrected chi connectivity index (χ2v) is 4.43. The number of rotatable bonds is 4. The molecule has 0 aromatic heterocycles. The summed E-state index contributed by atoms with van der Waals surface area (Å²) in [5.41, 5.74) is 0.425. The van der Waals surface area contributed by atoms with Gasteiger partial charge in [-0.3, -0.25) is 4.90 Å². The summed E-state index contributed by atoms with van der Waals surface area (Å²) in [6.07, 6.45) is 0. The van der Waals surface area contributed by atoms with Crippen LogP contribution in [0, 0.1) is 18.6 Å². The third-order valence-corrected chi connectivity index (χ3v) is 3.12. The van der Waals surface area contributed by atoms with E-state index in [0.29, 0.717) is 12.1 Å². The zero-order valence-electron chi connectivity index (χ0n) is 10.5. The monoisotopic (exact) mass is 256 g/mol. The molecule has 0 unspecified atom stereocenters. The molecule has 1 aromatic rings. The van der Waals surface area contributed by atoms with E-state index in [0.717, 1.165) is 32.8 Å². The van der Waals surface area contributed by atoms with E-state index >= 15 is 0 Å². The van der Waals surface area contributed by atoms with Gasteiger partial charge in [0.15, 0.2) is 5.82 Å². The van der Waals surface area contributed by atoms with Gasteiger partial charge in [0.05, 0.1) is 13.2 Å². The lowest BCUT2D eigenvalue weighted by Gasteiger charge is -2.26. The van der Waals surface area contributed by atoms with E-state index in [2.05, 4.69) is 10.2 Å². The molecule has 1 aromatic carbocycles. The van der Waals surface area contributed by atoms with Gasteiger partial charge in [-0.2, -0.15) is 0 Å². The fourth-order valence-electron chi connectivity index (χ4n) is 1.98. The number of hydrogen-bond donors (Lipinski definition) is 1. The predicted octanol–water partition coefficient (Wildman–Crippen LogP) is 2.02. The van der Waals surface area contributed by atoms with Crippen molar-refractivity contribution in [3.63, 3.8) is 0 Å². The summed E-state index contributed by atoms with van der Waals surface area (Å²) in [4.78, 5) is 2.21. The van der Waals surface area contributed by atoms with Crippen molar-refractivity contribution >= 4 is 5.69 Å². The maximum Gasteiger partial charge on any atom is 0.152 e. The molecule has 3 nitrogen and oxygen atoms in total. The average Bonchev–Trinajstić information content (AvgIpc) is 2.39.